The van der Waals surface area contributed by atoms with E-state index in [-0.39, 0.29) is 28.4 Å². The summed E-state index contributed by atoms with van der Waals surface area (Å²) >= 11 is 3.88. The maximum atomic E-state index is 2.72. The third kappa shape index (κ3) is 7.58. The maximum Gasteiger partial charge on any atom is 0.264 e. The fourth-order valence-corrected chi connectivity index (χ4v) is 13.3. The van der Waals surface area contributed by atoms with E-state index in [1.807, 2.05) is 22.7 Å². The third-order valence-electron chi connectivity index (χ3n) is 14.9. The summed E-state index contributed by atoms with van der Waals surface area (Å²) in [6.07, 6.45) is 0. The molecule has 0 saturated heterocycles. The number of benzene rings is 7. The Labute approximate surface area is 419 Å². The van der Waals surface area contributed by atoms with E-state index in [0.29, 0.717) is 0 Å². The van der Waals surface area contributed by atoms with Crippen LogP contribution in [0.3, 0.4) is 0 Å². The Morgan fingerprint density at radius 3 is 1.67 bits per heavy atom. The fraction of sp³-hybridized carbons (Fsp3) is 0.281. The molecular formula is C64H65BN2S2. The summed E-state index contributed by atoms with van der Waals surface area (Å²) in [4.78, 5) is 6.68. The Kier molecular flexibility index (Phi) is 10.4. The van der Waals surface area contributed by atoms with Crippen LogP contribution in [-0.2, 0) is 21.7 Å². The van der Waals surface area contributed by atoms with Gasteiger partial charge in [-0.3, -0.25) is 0 Å². The molecule has 4 heterocycles. The van der Waals surface area contributed by atoms with Gasteiger partial charge < -0.3 is 9.80 Å². The number of aryl methyl sites for hydroxylation is 2. The normalized spacial score (nSPS) is 13.9. The molecule has 2 nitrogen and oxygen atoms in total. The van der Waals surface area contributed by atoms with E-state index in [9.17, 15) is 0 Å². The van der Waals surface area contributed by atoms with E-state index in [1.165, 1.54) is 125 Å². The molecule has 346 valence electrons. The number of hydrogen-bond donors (Lipinski definition) is 0. The number of rotatable bonds is 4. The zero-order chi connectivity index (χ0) is 48.7. The first-order valence-electron chi connectivity index (χ1n) is 24.9. The third-order valence-corrected chi connectivity index (χ3v) is 17.3. The van der Waals surface area contributed by atoms with E-state index < -0.39 is 0 Å². The first-order valence-corrected chi connectivity index (χ1v) is 26.5. The van der Waals surface area contributed by atoms with Crippen molar-refractivity contribution in [3.63, 3.8) is 0 Å². The van der Waals surface area contributed by atoms with Gasteiger partial charge in [-0.15, -0.1) is 22.7 Å². The van der Waals surface area contributed by atoms with Crippen LogP contribution in [0.2, 0.25) is 0 Å². The van der Waals surface area contributed by atoms with Gasteiger partial charge in [-0.25, -0.2) is 0 Å². The van der Waals surface area contributed by atoms with Crippen LogP contribution >= 0.6 is 22.7 Å². The van der Waals surface area contributed by atoms with E-state index in [1.54, 1.807) is 0 Å². The minimum absolute atomic E-state index is 0.00683. The summed E-state index contributed by atoms with van der Waals surface area (Å²) in [5.41, 5.74) is 21.8. The van der Waals surface area contributed by atoms with Crippen molar-refractivity contribution in [1.82, 2.24) is 0 Å². The van der Waals surface area contributed by atoms with Gasteiger partial charge in [-0.05, 0) is 151 Å². The van der Waals surface area contributed by atoms with Gasteiger partial charge in [-0.1, -0.05) is 168 Å². The van der Waals surface area contributed by atoms with Gasteiger partial charge in [0.15, 0.2) is 0 Å². The quantitative estimate of drug-likeness (QED) is 0.162. The predicted molar refractivity (Wildman–Crippen MR) is 306 cm³/mol. The van der Waals surface area contributed by atoms with Crippen LogP contribution in [0.15, 0.2) is 140 Å². The number of fused-ring (bicyclic) bond motifs is 7. The van der Waals surface area contributed by atoms with Crippen LogP contribution in [0.4, 0.5) is 34.1 Å². The van der Waals surface area contributed by atoms with E-state index in [2.05, 4.69) is 246 Å². The van der Waals surface area contributed by atoms with Crippen LogP contribution in [0.1, 0.15) is 116 Å². The Morgan fingerprint density at radius 1 is 0.420 bits per heavy atom. The molecule has 7 aromatic carbocycles. The standard InChI is InChI=1S/C64H65BN2S2/c1-38-30-45(63(9,10)11)31-39(2)58(38)67-53-37-46(64(12,13)14)36-52-57(53)65(60-59(67)48-35-44(62(6,7)8)26-29-55(48)69-60)49-27-24-42(56-33-41-22-18-19-23-54(41)68-56)32-51(49)66(52)50-28-25-43(61(3,4)5)34-47(50)40-20-16-15-17-21-40/h15-37H,1-14H3. The summed E-state index contributed by atoms with van der Waals surface area (Å²) in [6.45, 7) is 32.9. The van der Waals surface area contributed by atoms with Gasteiger partial charge in [0.05, 0.1) is 17.1 Å². The van der Waals surface area contributed by atoms with Crippen molar-refractivity contribution in [1.29, 1.82) is 0 Å². The van der Waals surface area contributed by atoms with E-state index in [0.717, 1.165) is 0 Å². The van der Waals surface area contributed by atoms with Gasteiger partial charge in [-0.2, -0.15) is 0 Å². The zero-order valence-corrected chi connectivity index (χ0v) is 44.7. The Hall–Kier alpha value is -5.88. The molecule has 0 spiro atoms. The SMILES string of the molecule is Cc1cc(C(C)(C)C)cc(C)c1N1c2cc(C(C)(C)C)cc3c2B(c2ccc(-c4cc5ccccc5s4)cc2N3c2ccc(C(C)(C)C)cc2-c2ccccc2)c2sc3ccc(C(C)(C)C)cc3c21. The highest BCUT2D eigenvalue weighted by Crippen LogP contribution is 2.53. The van der Waals surface area contributed by atoms with Crippen molar-refractivity contribution < 1.29 is 0 Å². The highest BCUT2D eigenvalue weighted by atomic mass is 32.1. The molecule has 69 heavy (non-hydrogen) atoms. The van der Waals surface area contributed by atoms with E-state index in [4.69, 9.17) is 0 Å². The van der Waals surface area contributed by atoms with Gasteiger partial charge in [0.2, 0.25) is 0 Å². The molecule has 0 fully saturated rings. The minimum Gasteiger partial charge on any atom is -0.311 e. The summed E-state index contributed by atoms with van der Waals surface area (Å²) < 4.78 is 4.06. The highest BCUT2D eigenvalue weighted by Gasteiger charge is 2.47. The number of anilines is 6. The first kappa shape index (κ1) is 45.6. The second-order valence-electron chi connectivity index (χ2n) is 24.0. The molecule has 0 radical (unpaired) electrons. The summed E-state index contributed by atoms with van der Waals surface area (Å²) in [7, 11) is 0. The lowest BCUT2D eigenvalue weighted by molar-refractivity contribution is 0.589. The average Bonchev–Trinajstić information content (AvgIpc) is 3.90. The molecule has 2 aliphatic rings. The monoisotopic (exact) mass is 936 g/mol. The Morgan fingerprint density at radius 2 is 1.01 bits per heavy atom. The molecular weight excluding hydrogens is 872 g/mol. The molecule has 0 saturated carbocycles. The second-order valence-corrected chi connectivity index (χ2v) is 26.2. The van der Waals surface area contributed by atoms with Gasteiger partial charge >= 0.3 is 0 Å². The minimum atomic E-state index is -0.146. The lowest BCUT2D eigenvalue weighted by atomic mass is 9.36. The van der Waals surface area contributed by atoms with Crippen molar-refractivity contribution >= 4 is 99.4 Å². The van der Waals surface area contributed by atoms with Crippen LogP contribution < -0.4 is 25.5 Å². The predicted octanol–water partition coefficient (Wildman–Crippen LogP) is 17.3. The molecule has 5 heteroatoms. The average molecular weight is 937 g/mol. The number of thiophene rings is 2. The Bertz CT molecular complexity index is 3470. The summed E-state index contributed by atoms with van der Waals surface area (Å²) in [5.74, 6) is 0. The van der Waals surface area contributed by atoms with Crippen LogP contribution in [0.5, 0.6) is 0 Å². The molecule has 0 aliphatic carbocycles. The Balaban J connectivity index is 1.30. The highest BCUT2D eigenvalue weighted by molar-refractivity contribution is 7.33. The van der Waals surface area contributed by atoms with Crippen molar-refractivity contribution in [2.24, 2.45) is 0 Å². The number of hydrogen-bond acceptors (Lipinski definition) is 4. The van der Waals surface area contributed by atoms with Crippen molar-refractivity contribution in [2.45, 2.75) is 119 Å². The molecule has 2 aliphatic heterocycles. The maximum absolute atomic E-state index is 2.72. The molecule has 0 atom stereocenters. The molecule has 11 rings (SSSR count). The van der Waals surface area contributed by atoms with Gasteiger partial charge in [0, 0.05) is 47.1 Å². The lowest BCUT2D eigenvalue weighted by Gasteiger charge is -2.45. The smallest absolute Gasteiger partial charge is 0.264 e. The van der Waals surface area contributed by atoms with Gasteiger partial charge in [0.1, 0.15) is 0 Å². The lowest BCUT2D eigenvalue weighted by Crippen LogP contribution is -2.60. The van der Waals surface area contributed by atoms with Crippen molar-refractivity contribution in [3.05, 3.63) is 173 Å². The molecule has 0 bridgehead atoms. The van der Waals surface area contributed by atoms with Gasteiger partial charge in [0.25, 0.3) is 6.71 Å². The molecule has 2 aromatic heterocycles. The zero-order valence-electron chi connectivity index (χ0n) is 43.1. The molecule has 0 N–H and O–H groups in total. The van der Waals surface area contributed by atoms with Crippen molar-refractivity contribution in [3.8, 4) is 21.6 Å². The molecule has 0 unspecified atom stereocenters. The summed E-state index contributed by atoms with van der Waals surface area (Å²) in [5, 5.41) is 2.63. The largest absolute Gasteiger partial charge is 0.311 e. The van der Waals surface area contributed by atoms with Crippen LogP contribution in [0.25, 0.3) is 41.7 Å². The molecule has 9 aromatic rings. The first-order chi connectivity index (χ1) is 32.6. The fourth-order valence-electron chi connectivity index (χ4n) is 10.9. The summed E-state index contributed by atoms with van der Waals surface area (Å²) in [6, 6.07) is 54.4. The van der Waals surface area contributed by atoms with Crippen molar-refractivity contribution in [2.75, 3.05) is 9.80 Å². The number of nitrogens with zero attached hydrogens (tertiary/aromatic N) is 2. The molecule has 0 amide bonds. The van der Waals surface area contributed by atoms with Crippen LogP contribution in [-0.4, -0.2) is 6.71 Å². The topological polar surface area (TPSA) is 6.48 Å². The van der Waals surface area contributed by atoms with Crippen LogP contribution in [0, 0.1) is 13.8 Å². The second kappa shape index (κ2) is 15.8. The van der Waals surface area contributed by atoms with E-state index >= 15 is 0 Å².